The summed E-state index contributed by atoms with van der Waals surface area (Å²) in [6.07, 6.45) is 0.443. The second kappa shape index (κ2) is 6.17. The SMILES string of the molecule is CC(C)(CCC(=O)O)NC(=O)c1ccc(I)cc1. The van der Waals surface area contributed by atoms with Crippen LogP contribution in [-0.4, -0.2) is 22.5 Å². The van der Waals surface area contributed by atoms with E-state index in [4.69, 9.17) is 5.11 Å². The van der Waals surface area contributed by atoms with Crippen molar-refractivity contribution in [3.63, 3.8) is 0 Å². The molecule has 0 aliphatic carbocycles. The van der Waals surface area contributed by atoms with Crippen molar-refractivity contribution in [1.82, 2.24) is 5.32 Å². The van der Waals surface area contributed by atoms with Gasteiger partial charge in [0.15, 0.2) is 0 Å². The maximum Gasteiger partial charge on any atom is 0.303 e. The molecule has 0 saturated carbocycles. The van der Waals surface area contributed by atoms with Gasteiger partial charge in [0.25, 0.3) is 5.91 Å². The molecule has 0 aromatic heterocycles. The van der Waals surface area contributed by atoms with Gasteiger partial charge in [-0.3, -0.25) is 9.59 Å². The van der Waals surface area contributed by atoms with E-state index in [2.05, 4.69) is 27.9 Å². The van der Waals surface area contributed by atoms with Gasteiger partial charge in [0.05, 0.1) is 0 Å². The Morgan fingerprint density at radius 1 is 1.28 bits per heavy atom. The van der Waals surface area contributed by atoms with Gasteiger partial charge in [0.2, 0.25) is 0 Å². The Labute approximate surface area is 120 Å². The van der Waals surface area contributed by atoms with Crippen LogP contribution in [-0.2, 0) is 4.79 Å². The van der Waals surface area contributed by atoms with Gasteiger partial charge in [-0.2, -0.15) is 0 Å². The molecule has 0 spiro atoms. The van der Waals surface area contributed by atoms with E-state index in [0.717, 1.165) is 3.57 Å². The first-order valence-corrected chi connectivity index (χ1v) is 6.68. The Hall–Kier alpha value is -1.11. The highest BCUT2D eigenvalue weighted by atomic mass is 127. The Morgan fingerprint density at radius 3 is 2.33 bits per heavy atom. The standard InChI is InChI=1S/C13H16INO3/c1-13(2,8-7-11(16)17)15-12(18)9-3-5-10(14)6-4-9/h3-6H,7-8H2,1-2H3,(H,15,18)(H,16,17). The van der Waals surface area contributed by atoms with Gasteiger partial charge in [0.1, 0.15) is 0 Å². The first-order chi connectivity index (χ1) is 8.30. The number of hydrogen-bond donors (Lipinski definition) is 2. The summed E-state index contributed by atoms with van der Waals surface area (Å²) >= 11 is 2.17. The number of halogens is 1. The van der Waals surface area contributed by atoms with Gasteiger partial charge < -0.3 is 10.4 Å². The van der Waals surface area contributed by atoms with Crippen LogP contribution in [0.5, 0.6) is 0 Å². The number of carbonyl (C=O) groups excluding carboxylic acids is 1. The molecule has 18 heavy (non-hydrogen) atoms. The second-order valence-corrected chi connectivity index (χ2v) is 5.98. The van der Waals surface area contributed by atoms with Crippen LogP contribution in [0.25, 0.3) is 0 Å². The molecule has 0 aliphatic heterocycles. The van der Waals surface area contributed by atoms with Crippen molar-refractivity contribution in [2.45, 2.75) is 32.2 Å². The largest absolute Gasteiger partial charge is 0.481 e. The minimum Gasteiger partial charge on any atom is -0.481 e. The predicted molar refractivity (Wildman–Crippen MR) is 77.6 cm³/mol. The number of amides is 1. The predicted octanol–water partition coefficient (Wildman–Crippen LogP) is 2.66. The fourth-order valence-electron chi connectivity index (χ4n) is 1.46. The number of carbonyl (C=O) groups is 2. The van der Waals surface area contributed by atoms with Crippen LogP contribution in [0, 0.1) is 3.57 Å². The van der Waals surface area contributed by atoms with E-state index in [9.17, 15) is 9.59 Å². The minimum atomic E-state index is -0.855. The molecule has 0 saturated heterocycles. The normalized spacial score (nSPS) is 11.1. The van der Waals surface area contributed by atoms with E-state index in [1.165, 1.54) is 0 Å². The van der Waals surface area contributed by atoms with Crippen LogP contribution >= 0.6 is 22.6 Å². The molecular weight excluding hydrogens is 345 g/mol. The number of carboxylic acids is 1. The average Bonchev–Trinajstić information content (AvgIpc) is 2.27. The van der Waals surface area contributed by atoms with Crippen molar-refractivity contribution in [3.8, 4) is 0 Å². The molecule has 0 atom stereocenters. The molecule has 1 aromatic carbocycles. The highest BCUT2D eigenvalue weighted by Gasteiger charge is 2.22. The highest BCUT2D eigenvalue weighted by molar-refractivity contribution is 14.1. The summed E-state index contributed by atoms with van der Waals surface area (Å²) in [7, 11) is 0. The van der Waals surface area contributed by atoms with Gasteiger partial charge >= 0.3 is 5.97 Å². The van der Waals surface area contributed by atoms with Gasteiger partial charge in [0, 0.05) is 21.1 Å². The zero-order valence-electron chi connectivity index (χ0n) is 10.4. The Morgan fingerprint density at radius 2 is 1.83 bits per heavy atom. The molecule has 0 fully saturated rings. The number of rotatable bonds is 5. The molecule has 98 valence electrons. The third-order valence-corrected chi connectivity index (χ3v) is 3.24. The lowest BCUT2D eigenvalue weighted by Crippen LogP contribution is -2.43. The zero-order chi connectivity index (χ0) is 13.8. The van der Waals surface area contributed by atoms with Crippen LogP contribution in [0.4, 0.5) is 0 Å². The van der Waals surface area contributed by atoms with Crippen molar-refractivity contribution in [3.05, 3.63) is 33.4 Å². The number of benzene rings is 1. The van der Waals surface area contributed by atoms with Gasteiger partial charge in [-0.25, -0.2) is 0 Å². The maximum absolute atomic E-state index is 12.0. The summed E-state index contributed by atoms with van der Waals surface area (Å²) in [5, 5.41) is 11.5. The third-order valence-electron chi connectivity index (χ3n) is 2.52. The van der Waals surface area contributed by atoms with E-state index < -0.39 is 11.5 Å². The smallest absolute Gasteiger partial charge is 0.303 e. The van der Waals surface area contributed by atoms with Gasteiger partial charge in [-0.1, -0.05) is 0 Å². The Bertz CT molecular complexity index is 440. The van der Waals surface area contributed by atoms with Crippen LogP contribution in [0.1, 0.15) is 37.0 Å². The minimum absolute atomic E-state index is 0.0416. The van der Waals surface area contributed by atoms with Gasteiger partial charge in [-0.05, 0) is 67.1 Å². The quantitative estimate of drug-likeness (QED) is 0.793. The summed E-state index contributed by atoms with van der Waals surface area (Å²) in [5.74, 6) is -1.03. The van der Waals surface area contributed by atoms with Crippen molar-refractivity contribution in [1.29, 1.82) is 0 Å². The van der Waals surface area contributed by atoms with Crippen molar-refractivity contribution in [2.24, 2.45) is 0 Å². The summed E-state index contributed by atoms with van der Waals surface area (Å²) in [5.41, 5.74) is 0.0529. The lowest BCUT2D eigenvalue weighted by atomic mass is 9.98. The molecule has 0 radical (unpaired) electrons. The summed E-state index contributed by atoms with van der Waals surface area (Å²) < 4.78 is 1.06. The second-order valence-electron chi connectivity index (χ2n) is 4.74. The lowest BCUT2D eigenvalue weighted by molar-refractivity contribution is -0.137. The monoisotopic (exact) mass is 361 g/mol. The van der Waals surface area contributed by atoms with Crippen molar-refractivity contribution >= 4 is 34.5 Å². The number of carboxylic acid groups (broad SMARTS) is 1. The molecule has 0 aliphatic rings. The van der Waals surface area contributed by atoms with E-state index in [1.807, 2.05) is 26.0 Å². The molecule has 1 amide bonds. The maximum atomic E-state index is 12.0. The van der Waals surface area contributed by atoms with E-state index in [-0.39, 0.29) is 12.3 Å². The third kappa shape index (κ3) is 5.03. The lowest BCUT2D eigenvalue weighted by Gasteiger charge is -2.25. The molecule has 5 heteroatoms. The average molecular weight is 361 g/mol. The molecule has 1 rings (SSSR count). The number of aliphatic carboxylic acids is 1. The highest BCUT2D eigenvalue weighted by Crippen LogP contribution is 2.13. The fraction of sp³-hybridized carbons (Fsp3) is 0.385. The number of nitrogens with one attached hydrogen (secondary N) is 1. The van der Waals surface area contributed by atoms with Crippen LogP contribution < -0.4 is 5.32 Å². The molecule has 2 N–H and O–H groups in total. The molecule has 4 nitrogen and oxygen atoms in total. The Balaban J connectivity index is 2.63. The van der Waals surface area contributed by atoms with E-state index in [1.54, 1.807) is 12.1 Å². The summed E-state index contributed by atoms with van der Waals surface area (Å²) in [6, 6.07) is 7.23. The Kier molecular flexibility index (Phi) is 5.13. The zero-order valence-corrected chi connectivity index (χ0v) is 12.5. The molecule has 0 bridgehead atoms. The topological polar surface area (TPSA) is 66.4 Å². The molecule has 1 aromatic rings. The molecule has 0 unspecified atom stereocenters. The van der Waals surface area contributed by atoms with Crippen molar-refractivity contribution < 1.29 is 14.7 Å². The van der Waals surface area contributed by atoms with E-state index >= 15 is 0 Å². The van der Waals surface area contributed by atoms with E-state index in [0.29, 0.717) is 12.0 Å². The first-order valence-electron chi connectivity index (χ1n) is 5.60. The molecular formula is C13H16INO3. The summed E-state index contributed by atoms with van der Waals surface area (Å²) in [6.45, 7) is 3.64. The number of hydrogen-bond acceptors (Lipinski definition) is 2. The van der Waals surface area contributed by atoms with Crippen LogP contribution in [0.2, 0.25) is 0 Å². The van der Waals surface area contributed by atoms with Gasteiger partial charge in [-0.15, -0.1) is 0 Å². The van der Waals surface area contributed by atoms with Crippen LogP contribution in [0.3, 0.4) is 0 Å². The summed E-state index contributed by atoms with van der Waals surface area (Å²) in [4.78, 5) is 22.5. The first kappa shape index (κ1) is 14.9. The fourth-order valence-corrected chi connectivity index (χ4v) is 1.82. The van der Waals surface area contributed by atoms with Crippen molar-refractivity contribution in [2.75, 3.05) is 0 Å². The van der Waals surface area contributed by atoms with Crippen LogP contribution in [0.15, 0.2) is 24.3 Å². The molecule has 0 heterocycles.